The third-order valence-electron chi connectivity index (χ3n) is 2.54. The Morgan fingerprint density at radius 2 is 2.25 bits per heavy atom. The molecule has 1 atom stereocenters. The molecule has 8 heteroatoms. The zero-order valence-corrected chi connectivity index (χ0v) is 11.4. The van der Waals surface area contributed by atoms with E-state index in [9.17, 15) is 13.2 Å². The molecule has 0 aliphatic carbocycles. The number of ether oxygens (including phenoxy) is 2. The predicted molar refractivity (Wildman–Crippen MR) is 69.9 cm³/mol. The number of nitrogens with one attached hydrogen (secondary N) is 1. The lowest BCUT2D eigenvalue weighted by Crippen LogP contribution is -2.29. The number of hydrogen-bond acceptors (Lipinski definition) is 5. The van der Waals surface area contributed by atoms with Crippen LogP contribution in [0, 0.1) is 0 Å². The minimum absolute atomic E-state index is 0.158. The van der Waals surface area contributed by atoms with Crippen molar-refractivity contribution in [1.29, 1.82) is 0 Å². The summed E-state index contributed by atoms with van der Waals surface area (Å²) in [4.78, 5) is 11.2. The summed E-state index contributed by atoms with van der Waals surface area (Å²) < 4.78 is 40.1. The Morgan fingerprint density at radius 3 is 2.90 bits per heavy atom. The number of benzene rings is 1. The molecule has 110 valence electrons. The van der Waals surface area contributed by atoms with Crippen LogP contribution in [0.15, 0.2) is 24.3 Å². The third-order valence-corrected chi connectivity index (χ3v) is 3.17. The number of amides is 1. The summed E-state index contributed by atoms with van der Waals surface area (Å²) in [7, 11) is -4.30. The smallest absolute Gasteiger partial charge is 0.274 e. The lowest BCUT2D eigenvalue weighted by Gasteiger charge is -2.08. The van der Waals surface area contributed by atoms with Crippen molar-refractivity contribution < 1.29 is 27.2 Å². The second-order valence-electron chi connectivity index (χ2n) is 4.42. The van der Waals surface area contributed by atoms with Crippen LogP contribution in [-0.2, 0) is 26.2 Å². The van der Waals surface area contributed by atoms with Gasteiger partial charge in [0.2, 0.25) is 5.91 Å². The van der Waals surface area contributed by atoms with Gasteiger partial charge < -0.3 is 14.8 Å². The Kier molecular flexibility index (Phi) is 4.58. The van der Waals surface area contributed by atoms with Crippen LogP contribution in [0.25, 0.3) is 0 Å². The van der Waals surface area contributed by atoms with E-state index in [1.165, 1.54) is 0 Å². The van der Waals surface area contributed by atoms with Gasteiger partial charge in [0.25, 0.3) is 10.1 Å². The van der Waals surface area contributed by atoms with Crippen LogP contribution < -0.4 is 10.1 Å². The average molecular weight is 301 g/mol. The van der Waals surface area contributed by atoms with E-state index in [2.05, 4.69) is 5.32 Å². The minimum Gasteiger partial charge on any atom is -0.491 e. The first-order valence-electron chi connectivity index (χ1n) is 5.97. The van der Waals surface area contributed by atoms with Crippen molar-refractivity contribution in [3.63, 3.8) is 0 Å². The highest BCUT2D eigenvalue weighted by Crippen LogP contribution is 2.16. The van der Waals surface area contributed by atoms with Crippen molar-refractivity contribution in [2.45, 2.75) is 12.6 Å². The van der Waals surface area contributed by atoms with Gasteiger partial charge in [0.05, 0.1) is 6.61 Å². The number of carbonyl (C=O) groups excluding carboxylic acids is 1. The number of epoxide rings is 1. The molecule has 0 spiro atoms. The molecule has 7 nitrogen and oxygen atoms in total. The van der Waals surface area contributed by atoms with Crippen LogP contribution >= 0.6 is 0 Å². The molecule has 1 aromatic carbocycles. The topological polar surface area (TPSA) is 105 Å². The van der Waals surface area contributed by atoms with Crippen LogP contribution in [0.1, 0.15) is 5.56 Å². The van der Waals surface area contributed by atoms with Crippen molar-refractivity contribution in [2.75, 3.05) is 19.0 Å². The Bertz CT molecular complexity index is 581. The standard InChI is InChI=1S/C12H15NO6S/c14-12(8-20(15,16)17)13-5-9-2-1-3-10(4-9)18-6-11-7-19-11/h1-4,11H,5-8H2,(H,13,14)(H,15,16,17). The molecule has 1 aromatic rings. The minimum atomic E-state index is -4.30. The average Bonchev–Trinajstić information content (AvgIpc) is 3.16. The van der Waals surface area contributed by atoms with E-state index in [1.807, 2.05) is 0 Å². The first-order valence-corrected chi connectivity index (χ1v) is 7.58. The largest absolute Gasteiger partial charge is 0.491 e. The fraction of sp³-hybridized carbons (Fsp3) is 0.417. The first kappa shape index (κ1) is 14.8. The Balaban J connectivity index is 1.82. The number of rotatable bonds is 7. The molecular formula is C12H15NO6S. The van der Waals surface area contributed by atoms with Gasteiger partial charge in [-0.15, -0.1) is 0 Å². The second kappa shape index (κ2) is 6.21. The maximum absolute atomic E-state index is 11.2. The fourth-order valence-electron chi connectivity index (χ4n) is 1.52. The van der Waals surface area contributed by atoms with Gasteiger partial charge in [-0.1, -0.05) is 12.1 Å². The molecular weight excluding hydrogens is 286 g/mol. The predicted octanol–water partition coefficient (Wildman–Crippen LogP) is -0.0318. The summed E-state index contributed by atoms with van der Waals surface area (Å²) in [6.07, 6.45) is 0.160. The summed E-state index contributed by atoms with van der Waals surface area (Å²) in [5.41, 5.74) is 0.767. The molecule has 1 aliphatic heterocycles. The molecule has 0 radical (unpaired) electrons. The Hall–Kier alpha value is -1.64. The molecule has 1 saturated heterocycles. The normalized spacial score (nSPS) is 17.6. The van der Waals surface area contributed by atoms with Gasteiger partial charge in [-0.25, -0.2) is 0 Å². The van der Waals surface area contributed by atoms with E-state index in [4.69, 9.17) is 14.0 Å². The van der Waals surface area contributed by atoms with Crippen LogP contribution in [-0.4, -0.2) is 43.9 Å². The third kappa shape index (κ3) is 5.55. The van der Waals surface area contributed by atoms with Crippen LogP contribution in [0.3, 0.4) is 0 Å². The van der Waals surface area contributed by atoms with Gasteiger partial charge in [0.1, 0.15) is 18.5 Å². The van der Waals surface area contributed by atoms with Crippen molar-refractivity contribution in [2.24, 2.45) is 0 Å². The summed E-state index contributed by atoms with van der Waals surface area (Å²) in [5, 5.41) is 2.40. The van der Waals surface area contributed by atoms with E-state index in [1.54, 1.807) is 24.3 Å². The highest BCUT2D eigenvalue weighted by Gasteiger charge is 2.23. The monoisotopic (exact) mass is 301 g/mol. The quantitative estimate of drug-likeness (QED) is 0.541. The second-order valence-corrected chi connectivity index (χ2v) is 5.87. The van der Waals surface area contributed by atoms with Gasteiger partial charge in [-0.05, 0) is 17.7 Å². The zero-order chi connectivity index (χ0) is 14.6. The van der Waals surface area contributed by atoms with Gasteiger partial charge in [-0.2, -0.15) is 8.42 Å². The molecule has 2 N–H and O–H groups in total. The molecule has 1 heterocycles. The van der Waals surface area contributed by atoms with E-state index in [0.717, 1.165) is 5.56 Å². The van der Waals surface area contributed by atoms with E-state index in [0.29, 0.717) is 19.0 Å². The van der Waals surface area contributed by atoms with Crippen LogP contribution in [0.2, 0.25) is 0 Å². The fourth-order valence-corrected chi connectivity index (χ4v) is 1.95. The first-order chi connectivity index (χ1) is 9.42. The number of carbonyl (C=O) groups is 1. The lowest BCUT2D eigenvalue weighted by molar-refractivity contribution is -0.118. The van der Waals surface area contributed by atoms with Crippen molar-refractivity contribution in [3.8, 4) is 5.75 Å². The molecule has 0 aromatic heterocycles. The maximum Gasteiger partial charge on any atom is 0.274 e. The lowest BCUT2D eigenvalue weighted by atomic mass is 10.2. The summed E-state index contributed by atoms with van der Waals surface area (Å²) in [6.45, 7) is 1.36. The van der Waals surface area contributed by atoms with Gasteiger partial charge >= 0.3 is 0 Å². The van der Waals surface area contributed by atoms with E-state index in [-0.39, 0.29) is 12.6 Å². The molecule has 1 unspecified atom stereocenters. The Morgan fingerprint density at radius 1 is 1.50 bits per heavy atom. The highest BCUT2D eigenvalue weighted by molar-refractivity contribution is 7.86. The molecule has 1 amide bonds. The van der Waals surface area contributed by atoms with E-state index >= 15 is 0 Å². The van der Waals surface area contributed by atoms with Crippen molar-refractivity contribution >= 4 is 16.0 Å². The molecule has 1 aliphatic rings. The van der Waals surface area contributed by atoms with Gasteiger partial charge in [-0.3, -0.25) is 9.35 Å². The Labute approximate surface area is 116 Å². The summed E-state index contributed by atoms with van der Waals surface area (Å²) in [6, 6.07) is 7.07. The highest BCUT2D eigenvalue weighted by atomic mass is 32.2. The van der Waals surface area contributed by atoms with Gasteiger partial charge in [0.15, 0.2) is 5.75 Å². The number of hydrogen-bond donors (Lipinski definition) is 2. The van der Waals surface area contributed by atoms with Crippen LogP contribution in [0.4, 0.5) is 0 Å². The zero-order valence-electron chi connectivity index (χ0n) is 10.6. The van der Waals surface area contributed by atoms with Gasteiger partial charge in [0, 0.05) is 6.54 Å². The summed E-state index contributed by atoms with van der Waals surface area (Å²) in [5.74, 6) is -1.05. The molecule has 0 bridgehead atoms. The molecule has 2 rings (SSSR count). The van der Waals surface area contributed by atoms with E-state index < -0.39 is 21.8 Å². The molecule has 0 saturated carbocycles. The molecule has 1 fully saturated rings. The maximum atomic E-state index is 11.2. The van der Waals surface area contributed by atoms with Crippen LogP contribution in [0.5, 0.6) is 5.75 Å². The SMILES string of the molecule is O=C(CS(=O)(=O)O)NCc1cccc(OCC2CO2)c1. The molecule has 20 heavy (non-hydrogen) atoms. The summed E-state index contributed by atoms with van der Waals surface area (Å²) >= 11 is 0. The van der Waals surface area contributed by atoms with Crippen molar-refractivity contribution in [1.82, 2.24) is 5.32 Å². The van der Waals surface area contributed by atoms with Crippen molar-refractivity contribution in [3.05, 3.63) is 29.8 Å².